The molecule has 2 aromatic rings. The summed E-state index contributed by atoms with van der Waals surface area (Å²) < 4.78 is 48.2. The number of carbonyl (C=O) groups is 1. The molecule has 2 rings (SSSR count). The Labute approximate surface area is 145 Å². The van der Waals surface area contributed by atoms with Crippen molar-refractivity contribution in [1.29, 1.82) is 0 Å². The topological polar surface area (TPSA) is 42.7 Å². The second-order valence-electron chi connectivity index (χ2n) is 4.78. The standard InChI is InChI=1S/C15H12Cl2F3NO3/c16-11-4-1-5-12(17)14(11)24-8-13(22)21(9-15(18,19)20)7-10-3-2-6-23-10/h1-6H,7-9H2. The quantitative estimate of drug-likeness (QED) is 0.736. The van der Waals surface area contributed by atoms with Crippen LogP contribution in [0.4, 0.5) is 13.2 Å². The van der Waals surface area contributed by atoms with Crippen molar-refractivity contribution in [2.24, 2.45) is 0 Å². The Balaban J connectivity index is 2.06. The van der Waals surface area contributed by atoms with Crippen LogP contribution in [0.15, 0.2) is 41.0 Å². The Bertz CT molecular complexity index is 670. The van der Waals surface area contributed by atoms with Crippen LogP contribution in [-0.2, 0) is 11.3 Å². The molecule has 0 N–H and O–H groups in total. The minimum Gasteiger partial charge on any atom is -0.481 e. The van der Waals surface area contributed by atoms with Crippen LogP contribution >= 0.6 is 23.2 Å². The Kier molecular flexibility index (Phi) is 6.01. The van der Waals surface area contributed by atoms with Gasteiger partial charge in [0.1, 0.15) is 12.3 Å². The number of benzene rings is 1. The number of halogens is 5. The van der Waals surface area contributed by atoms with Crippen molar-refractivity contribution in [1.82, 2.24) is 4.90 Å². The number of ether oxygens (including phenoxy) is 1. The van der Waals surface area contributed by atoms with Crippen LogP contribution in [0, 0.1) is 0 Å². The molecule has 4 nitrogen and oxygen atoms in total. The fourth-order valence-electron chi connectivity index (χ4n) is 1.88. The summed E-state index contributed by atoms with van der Waals surface area (Å²) in [6.45, 7) is -2.39. The molecule has 0 fully saturated rings. The molecule has 0 aliphatic rings. The molecule has 1 heterocycles. The molecule has 1 aromatic carbocycles. The van der Waals surface area contributed by atoms with Crippen molar-refractivity contribution < 1.29 is 27.1 Å². The molecule has 9 heteroatoms. The minimum atomic E-state index is -4.55. The van der Waals surface area contributed by atoms with Gasteiger partial charge in [0, 0.05) is 0 Å². The molecule has 0 atom stereocenters. The van der Waals surface area contributed by atoms with Crippen molar-refractivity contribution in [2.75, 3.05) is 13.2 Å². The van der Waals surface area contributed by atoms with E-state index in [9.17, 15) is 18.0 Å². The van der Waals surface area contributed by atoms with Gasteiger partial charge in [0.15, 0.2) is 12.4 Å². The first-order valence-corrected chi connectivity index (χ1v) is 7.45. The molecule has 0 saturated heterocycles. The van der Waals surface area contributed by atoms with Gasteiger partial charge in [-0.1, -0.05) is 29.3 Å². The third-order valence-electron chi connectivity index (χ3n) is 2.91. The first-order valence-electron chi connectivity index (χ1n) is 6.70. The van der Waals surface area contributed by atoms with E-state index in [0.29, 0.717) is 4.90 Å². The first-order chi connectivity index (χ1) is 11.3. The van der Waals surface area contributed by atoms with Gasteiger partial charge in [-0.15, -0.1) is 0 Å². The molecule has 0 saturated carbocycles. The van der Waals surface area contributed by atoms with E-state index < -0.39 is 25.2 Å². The monoisotopic (exact) mass is 381 g/mol. The van der Waals surface area contributed by atoms with Crippen molar-refractivity contribution >= 4 is 29.1 Å². The van der Waals surface area contributed by atoms with E-state index in [0.717, 1.165) is 0 Å². The summed E-state index contributed by atoms with van der Waals surface area (Å²) in [7, 11) is 0. The number of alkyl halides is 3. The molecule has 0 bridgehead atoms. The molecular weight excluding hydrogens is 370 g/mol. The zero-order chi connectivity index (χ0) is 17.7. The Morgan fingerprint density at radius 1 is 1.17 bits per heavy atom. The predicted octanol–water partition coefficient (Wildman–Crippen LogP) is 4.56. The van der Waals surface area contributed by atoms with Gasteiger partial charge in [-0.2, -0.15) is 13.2 Å². The zero-order valence-electron chi connectivity index (χ0n) is 12.1. The summed E-state index contributed by atoms with van der Waals surface area (Å²) >= 11 is 11.8. The molecule has 130 valence electrons. The highest BCUT2D eigenvalue weighted by atomic mass is 35.5. The van der Waals surface area contributed by atoms with Gasteiger partial charge in [0.05, 0.1) is 22.9 Å². The molecule has 24 heavy (non-hydrogen) atoms. The van der Waals surface area contributed by atoms with Gasteiger partial charge in [0.25, 0.3) is 5.91 Å². The SMILES string of the molecule is O=C(COc1c(Cl)cccc1Cl)N(Cc1ccco1)CC(F)(F)F. The summed E-state index contributed by atoms with van der Waals surface area (Å²) in [6.07, 6.45) is -3.24. The molecule has 0 unspecified atom stereocenters. The lowest BCUT2D eigenvalue weighted by atomic mass is 10.3. The van der Waals surface area contributed by atoms with Gasteiger partial charge in [0.2, 0.25) is 0 Å². The average molecular weight is 382 g/mol. The van der Waals surface area contributed by atoms with E-state index >= 15 is 0 Å². The van der Waals surface area contributed by atoms with Gasteiger partial charge in [-0.05, 0) is 24.3 Å². The molecule has 0 radical (unpaired) electrons. The number of furan rings is 1. The van der Waals surface area contributed by atoms with E-state index in [4.69, 9.17) is 32.4 Å². The normalized spacial score (nSPS) is 11.4. The van der Waals surface area contributed by atoms with Crippen LogP contribution in [0.5, 0.6) is 5.75 Å². The highest BCUT2D eigenvalue weighted by Crippen LogP contribution is 2.32. The molecule has 1 aromatic heterocycles. The number of nitrogens with zero attached hydrogens (tertiary/aromatic N) is 1. The smallest absolute Gasteiger partial charge is 0.406 e. The largest absolute Gasteiger partial charge is 0.481 e. The van der Waals surface area contributed by atoms with Crippen molar-refractivity contribution in [3.8, 4) is 5.75 Å². The van der Waals surface area contributed by atoms with Crippen LogP contribution in [0.25, 0.3) is 0 Å². The summed E-state index contributed by atoms with van der Waals surface area (Å²) in [5.41, 5.74) is 0. The maximum Gasteiger partial charge on any atom is 0.406 e. The maximum atomic E-state index is 12.7. The van der Waals surface area contributed by atoms with Crippen LogP contribution in [0.3, 0.4) is 0 Å². The van der Waals surface area contributed by atoms with E-state index in [1.165, 1.54) is 30.5 Å². The second-order valence-corrected chi connectivity index (χ2v) is 5.60. The van der Waals surface area contributed by atoms with E-state index in [-0.39, 0.29) is 28.1 Å². The highest BCUT2D eigenvalue weighted by molar-refractivity contribution is 6.37. The van der Waals surface area contributed by atoms with E-state index in [2.05, 4.69) is 0 Å². The predicted molar refractivity (Wildman–Crippen MR) is 82.1 cm³/mol. The van der Waals surface area contributed by atoms with E-state index in [1.54, 1.807) is 6.07 Å². The van der Waals surface area contributed by atoms with E-state index in [1.807, 2.05) is 0 Å². The summed E-state index contributed by atoms with van der Waals surface area (Å²) in [5, 5.41) is 0.312. The highest BCUT2D eigenvalue weighted by Gasteiger charge is 2.33. The van der Waals surface area contributed by atoms with Crippen molar-refractivity contribution in [3.05, 3.63) is 52.4 Å². The number of amides is 1. The molecular formula is C15H12Cl2F3NO3. The number of hydrogen-bond donors (Lipinski definition) is 0. The van der Waals surface area contributed by atoms with Gasteiger partial charge >= 0.3 is 6.18 Å². The van der Waals surface area contributed by atoms with Crippen LogP contribution in [0.1, 0.15) is 5.76 Å². The van der Waals surface area contributed by atoms with Crippen molar-refractivity contribution in [2.45, 2.75) is 12.7 Å². The minimum absolute atomic E-state index is 0.0409. The summed E-state index contributed by atoms with van der Waals surface area (Å²) in [4.78, 5) is 12.7. The lowest BCUT2D eigenvalue weighted by Gasteiger charge is -2.23. The Morgan fingerprint density at radius 3 is 2.38 bits per heavy atom. The lowest BCUT2D eigenvalue weighted by molar-refractivity contribution is -0.164. The third kappa shape index (κ3) is 5.35. The van der Waals surface area contributed by atoms with Gasteiger partial charge in [-0.25, -0.2) is 0 Å². The Morgan fingerprint density at radius 2 is 1.83 bits per heavy atom. The fourth-order valence-corrected chi connectivity index (χ4v) is 2.39. The average Bonchev–Trinajstić information content (AvgIpc) is 2.97. The molecule has 1 amide bonds. The van der Waals surface area contributed by atoms with Crippen LogP contribution < -0.4 is 4.74 Å². The van der Waals surface area contributed by atoms with Crippen LogP contribution in [0.2, 0.25) is 10.0 Å². The number of rotatable bonds is 6. The van der Waals surface area contributed by atoms with Gasteiger partial charge in [-0.3, -0.25) is 4.79 Å². The molecule has 0 spiro atoms. The van der Waals surface area contributed by atoms with Crippen molar-refractivity contribution in [3.63, 3.8) is 0 Å². The fraction of sp³-hybridized carbons (Fsp3) is 0.267. The first kappa shape index (κ1) is 18.5. The summed E-state index contributed by atoms with van der Waals surface area (Å²) in [6, 6.07) is 7.55. The zero-order valence-corrected chi connectivity index (χ0v) is 13.7. The number of para-hydroxylation sites is 1. The second kappa shape index (κ2) is 7.81. The lowest BCUT2D eigenvalue weighted by Crippen LogP contribution is -2.40. The van der Waals surface area contributed by atoms with Crippen LogP contribution in [-0.4, -0.2) is 30.1 Å². The maximum absolute atomic E-state index is 12.7. The molecule has 0 aliphatic heterocycles. The Hall–Kier alpha value is -1.86. The number of hydrogen-bond acceptors (Lipinski definition) is 3. The summed E-state index contributed by atoms with van der Waals surface area (Å²) in [5.74, 6) is -0.609. The van der Waals surface area contributed by atoms with Gasteiger partial charge < -0.3 is 14.1 Å². The molecule has 0 aliphatic carbocycles. The third-order valence-corrected chi connectivity index (χ3v) is 3.50. The number of carbonyl (C=O) groups excluding carboxylic acids is 1.